The van der Waals surface area contributed by atoms with Gasteiger partial charge in [0, 0.05) is 5.69 Å². The quantitative estimate of drug-likeness (QED) is 0.446. The molecule has 0 unspecified atom stereocenters. The third-order valence-electron chi connectivity index (χ3n) is 6.18. The van der Waals surface area contributed by atoms with Crippen LogP contribution in [0.1, 0.15) is 42.3 Å². The summed E-state index contributed by atoms with van der Waals surface area (Å²) in [5, 5.41) is 7.07. The number of anilines is 1. The van der Waals surface area contributed by atoms with Crippen LogP contribution in [0.4, 0.5) is 5.82 Å². The van der Waals surface area contributed by atoms with E-state index in [0.29, 0.717) is 18.0 Å². The predicted octanol–water partition coefficient (Wildman–Crippen LogP) is 4.50. The monoisotopic (exact) mass is 438 g/mol. The molecular formula is C26H26N6O. The van der Waals surface area contributed by atoms with Gasteiger partial charge in [0.1, 0.15) is 12.1 Å². The molecule has 2 N–H and O–H groups in total. The Bertz CT molecular complexity index is 1580. The minimum absolute atomic E-state index is 0.0315. The van der Waals surface area contributed by atoms with E-state index in [-0.39, 0.29) is 11.5 Å². The van der Waals surface area contributed by atoms with Crippen LogP contribution in [0.5, 0.6) is 0 Å². The highest BCUT2D eigenvalue weighted by Crippen LogP contribution is 2.27. The van der Waals surface area contributed by atoms with Crippen LogP contribution in [-0.2, 0) is 6.54 Å². The number of para-hydroxylation sites is 1. The summed E-state index contributed by atoms with van der Waals surface area (Å²) in [6.45, 7) is 8.52. The summed E-state index contributed by atoms with van der Waals surface area (Å²) < 4.78 is 3.63. The first-order valence-electron chi connectivity index (χ1n) is 11.0. The molecule has 0 amide bonds. The molecule has 0 saturated heterocycles. The minimum atomic E-state index is -0.0315. The van der Waals surface area contributed by atoms with Crippen molar-refractivity contribution >= 4 is 27.6 Å². The van der Waals surface area contributed by atoms with Gasteiger partial charge < -0.3 is 5.73 Å². The number of rotatable bonds is 4. The molecule has 5 rings (SSSR count). The van der Waals surface area contributed by atoms with Crippen molar-refractivity contribution < 1.29 is 0 Å². The molecule has 0 saturated carbocycles. The van der Waals surface area contributed by atoms with Gasteiger partial charge in [-0.05, 0) is 48.4 Å². The normalized spacial score (nSPS) is 11.7. The van der Waals surface area contributed by atoms with Gasteiger partial charge in [-0.1, -0.05) is 50.2 Å². The van der Waals surface area contributed by atoms with Crippen LogP contribution in [-0.4, -0.2) is 24.3 Å². The highest BCUT2D eigenvalue weighted by atomic mass is 16.1. The van der Waals surface area contributed by atoms with Crippen molar-refractivity contribution in [1.82, 2.24) is 24.3 Å². The highest BCUT2D eigenvalue weighted by Gasteiger charge is 2.19. The Kier molecular flexibility index (Phi) is 4.96. The molecule has 166 valence electrons. The fraction of sp³-hybridized carbons (Fsp3) is 0.231. The van der Waals surface area contributed by atoms with Crippen molar-refractivity contribution in [3.8, 4) is 5.69 Å². The Morgan fingerprint density at radius 2 is 1.79 bits per heavy atom. The molecule has 0 bridgehead atoms. The second-order valence-electron chi connectivity index (χ2n) is 8.73. The Balaban J connectivity index is 1.83. The van der Waals surface area contributed by atoms with E-state index >= 15 is 0 Å². The average Bonchev–Trinajstić information content (AvgIpc) is 3.10. The van der Waals surface area contributed by atoms with Crippen LogP contribution in [0.15, 0.2) is 59.7 Å². The Hall–Kier alpha value is -4.00. The molecule has 7 nitrogen and oxygen atoms in total. The van der Waals surface area contributed by atoms with E-state index in [4.69, 9.17) is 5.73 Å². The predicted molar refractivity (Wildman–Crippen MR) is 132 cm³/mol. The molecule has 0 spiro atoms. The molecule has 0 fully saturated rings. The van der Waals surface area contributed by atoms with Crippen LogP contribution in [0.3, 0.4) is 0 Å². The van der Waals surface area contributed by atoms with Crippen LogP contribution in [0, 0.1) is 13.8 Å². The largest absolute Gasteiger partial charge is 0.383 e. The molecule has 2 aromatic carbocycles. The smallest absolute Gasteiger partial charge is 0.263 e. The number of nitrogens with two attached hydrogens (primary N) is 1. The Labute approximate surface area is 191 Å². The van der Waals surface area contributed by atoms with Crippen LogP contribution in [0.2, 0.25) is 0 Å². The fourth-order valence-corrected chi connectivity index (χ4v) is 4.62. The van der Waals surface area contributed by atoms with Gasteiger partial charge in [0.25, 0.3) is 5.56 Å². The van der Waals surface area contributed by atoms with E-state index in [2.05, 4.69) is 41.0 Å². The van der Waals surface area contributed by atoms with Gasteiger partial charge in [0.2, 0.25) is 0 Å². The van der Waals surface area contributed by atoms with Crippen molar-refractivity contribution in [2.24, 2.45) is 0 Å². The maximum absolute atomic E-state index is 13.9. The SMILES string of the molecule is Cc1nn(Cc2cc3cccc(C)c3c(=O)n2-c2ccccc2C(C)C)c2ncnc(N)c12. The number of aryl methyl sites for hydroxylation is 2. The van der Waals surface area contributed by atoms with Gasteiger partial charge >= 0.3 is 0 Å². The van der Waals surface area contributed by atoms with Crippen molar-refractivity contribution in [1.29, 1.82) is 0 Å². The second kappa shape index (κ2) is 7.85. The molecule has 0 aliphatic heterocycles. The maximum atomic E-state index is 13.9. The number of nitrogen functional groups attached to an aromatic ring is 1. The summed E-state index contributed by atoms with van der Waals surface area (Å²) in [5.41, 5.74) is 11.3. The Morgan fingerprint density at radius 1 is 1.00 bits per heavy atom. The first-order valence-corrected chi connectivity index (χ1v) is 11.0. The third-order valence-corrected chi connectivity index (χ3v) is 6.18. The number of hydrogen-bond acceptors (Lipinski definition) is 5. The lowest BCUT2D eigenvalue weighted by Gasteiger charge is -2.20. The van der Waals surface area contributed by atoms with Gasteiger partial charge in [-0.15, -0.1) is 0 Å². The van der Waals surface area contributed by atoms with E-state index in [0.717, 1.165) is 44.4 Å². The molecule has 33 heavy (non-hydrogen) atoms. The van der Waals surface area contributed by atoms with Crippen molar-refractivity contribution in [3.63, 3.8) is 0 Å². The summed E-state index contributed by atoms with van der Waals surface area (Å²) in [6.07, 6.45) is 1.44. The second-order valence-corrected chi connectivity index (χ2v) is 8.73. The van der Waals surface area contributed by atoms with Crippen molar-refractivity contribution in [2.75, 3.05) is 5.73 Å². The molecule has 3 heterocycles. The zero-order valence-electron chi connectivity index (χ0n) is 19.2. The molecule has 0 aliphatic carbocycles. The van der Waals surface area contributed by atoms with Crippen molar-refractivity contribution in [2.45, 2.75) is 40.2 Å². The molecule has 0 radical (unpaired) electrons. The molecule has 0 aliphatic rings. The van der Waals surface area contributed by atoms with E-state index in [1.165, 1.54) is 6.33 Å². The highest BCUT2D eigenvalue weighted by molar-refractivity contribution is 5.88. The van der Waals surface area contributed by atoms with Crippen molar-refractivity contribution in [3.05, 3.63) is 87.7 Å². The van der Waals surface area contributed by atoms with Gasteiger partial charge in [0.05, 0.1) is 28.7 Å². The summed E-state index contributed by atoms with van der Waals surface area (Å²) in [4.78, 5) is 22.5. The average molecular weight is 439 g/mol. The molecular weight excluding hydrogens is 412 g/mol. The van der Waals surface area contributed by atoms with E-state index < -0.39 is 0 Å². The van der Waals surface area contributed by atoms with E-state index in [1.54, 1.807) is 4.68 Å². The number of nitrogens with zero attached hydrogens (tertiary/aromatic N) is 5. The molecule has 0 atom stereocenters. The molecule has 5 aromatic rings. The zero-order valence-corrected chi connectivity index (χ0v) is 19.2. The fourth-order valence-electron chi connectivity index (χ4n) is 4.62. The molecule has 3 aromatic heterocycles. The van der Waals surface area contributed by atoms with Crippen LogP contribution >= 0.6 is 0 Å². The van der Waals surface area contributed by atoms with E-state index in [9.17, 15) is 4.79 Å². The van der Waals surface area contributed by atoms with Crippen LogP contribution in [0.25, 0.3) is 27.5 Å². The number of hydrogen-bond donors (Lipinski definition) is 1. The van der Waals surface area contributed by atoms with Crippen LogP contribution < -0.4 is 11.3 Å². The lowest BCUT2D eigenvalue weighted by Crippen LogP contribution is -2.25. The van der Waals surface area contributed by atoms with Gasteiger partial charge in [0.15, 0.2) is 5.65 Å². The summed E-state index contributed by atoms with van der Waals surface area (Å²) in [7, 11) is 0. The summed E-state index contributed by atoms with van der Waals surface area (Å²) in [6, 6.07) is 16.1. The molecule has 7 heteroatoms. The summed E-state index contributed by atoms with van der Waals surface area (Å²) in [5.74, 6) is 0.661. The number of fused-ring (bicyclic) bond motifs is 2. The Morgan fingerprint density at radius 3 is 2.58 bits per heavy atom. The first kappa shape index (κ1) is 20.9. The van der Waals surface area contributed by atoms with Gasteiger partial charge in [-0.3, -0.25) is 9.36 Å². The lowest BCUT2D eigenvalue weighted by molar-refractivity contribution is 0.661. The number of benzene rings is 2. The maximum Gasteiger partial charge on any atom is 0.263 e. The van der Waals surface area contributed by atoms with Gasteiger partial charge in [-0.25, -0.2) is 14.6 Å². The third kappa shape index (κ3) is 3.36. The standard InChI is InChI=1S/C26H26N6O/c1-15(2)20-10-5-6-11-21(20)32-19(12-18-9-7-8-16(3)22(18)26(32)33)13-31-25-23(17(4)30-31)24(27)28-14-29-25/h5-12,14-15H,13H2,1-4H3,(H2,27,28,29). The zero-order chi connectivity index (χ0) is 23.3. The van der Waals surface area contributed by atoms with Gasteiger partial charge in [-0.2, -0.15) is 5.10 Å². The minimum Gasteiger partial charge on any atom is -0.383 e. The number of aromatic nitrogens is 5. The summed E-state index contributed by atoms with van der Waals surface area (Å²) >= 11 is 0. The first-order chi connectivity index (χ1) is 15.9. The number of pyridine rings is 1. The topological polar surface area (TPSA) is 91.6 Å². The van der Waals surface area contributed by atoms with E-state index in [1.807, 2.05) is 54.8 Å². The lowest BCUT2D eigenvalue weighted by atomic mass is 10.00.